The fraction of sp³-hybridized carbons (Fsp3) is 0.188. The van der Waals surface area contributed by atoms with E-state index in [0.29, 0.717) is 35.5 Å². The summed E-state index contributed by atoms with van der Waals surface area (Å²) in [7, 11) is 0. The quantitative estimate of drug-likeness (QED) is 0.633. The summed E-state index contributed by atoms with van der Waals surface area (Å²) < 4.78 is 10.4. The first-order valence-electron chi connectivity index (χ1n) is 7.46. The van der Waals surface area contributed by atoms with Crippen LogP contribution in [0.1, 0.15) is 12.7 Å². The van der Waals surface area contributed by atoms with E-state index in [1.807, 2.05) is 31.2 Å². The normalized spacial score (nSPS) is 10.4. The summed E-state index contributed by atoms with van der Waals surface area (Å²) in [6.07, 6.45) is 1.42. The highest BCUT2D eigenvalue weighted by molar-refractivity contribution is 5.79. The van der Waals surface area contributed by atoms with Gasteiger partial charge in [-0.25, -0.2) is 9.97 Å². The topological polar surface area (TPSA) is 111 Å². The van der Waals surface area contributed by atoms with Crippen molar-refractivity contribution in [3.05, 3.63) is 42.4 Å². The first-order valence-corrected chi connectivity index (χ1v) is 7.46. The lowest BCUT2D eigenvalue weighted by Gasteiger charge is -2.11. The largest absolute Gasteiger partial charge is 0.494 e. The summed E-state index contributed by atoms with van der Waals surface area (Å²) >= 11 is 0. The molecule has 0 bridgehead atoms. The number of nitrogen functional groups attached to an aromatic ring is 1. The minimum Gasteiger partial charge on any atom is -0.494 e. The highest BCUT2D eigenvalue weighted by atomic mass is 16.5. The second-order valence-electron chi connectivity index (χ2n) is 5.01. The van der Waals surface area contributed by atoms with E-state index in [1.165, 1.54) is 6.33 Å². The molecule has 8 nitrogen and oxygen atoms in total. The highest BCUT2D eigenvalue weighted by Crippen LogP contribution is 2.28. The number of benzene rings is 1. The second-order valence-corrected chi connectivity index (χ2v) is 5.01. The predicted octanol–water partition coefficient (Wildman–Crippen LogP) is 3.24. The average Bonchev–Trinajstić information content (AvgIpc) is 2.98. The zero-order valence-electron chi connectivity index (χ0n) is 13.4. The fourth-order valence-electron chi connectivity index (χ4n) is 2.08. The SMILES string of the molecule is CCOc1ccc(Nc2ncnc(Nc3cc(C)on3)c2N)cc1. The van der Waals surface area contributed by atoms with Crippen LogP contribution >= 0.6 is 0 Å². The first-order chi connectivity index (χ1) is 11.7. The number of nitrogens with zero attached hydrogens (tertiary/aromatic N) is 3. The van der Waals surface area contributed by atoms with Crippen molar-refractivity contribution >= 4 is 28.8 Å². The molecule has 8 heteroatoms. The molecule has 0 spiro atoms. The zero-order chi connectivity index (χ0) is 16.9. The van der Waals surface area contributed by atoms with E-state index < -0.39 is 0 Å². The van der Waals surface area contributed by atoms with Gasteiger partial charge in [-0.2, -0.15) is 0 Å². The summed E-state index contributed by atoms with van der Waals surface area (Å²) in [5, 5.41) is 10.0. The molecule has 0 aliphatic carbocycles. The fourth-order valence-corrected chi connectivity index (χ4v) is 2.08. The molecule has 24 heavy (non-hydrogen) atoms. The van der Waals surface area contributed by atoms with Crippen LogP contribution in [-0.2, 0) is 0 Å². The van der Waals surface area contributed by atoms with Gasteiger partial charge in [-0.1, -0.05) is 5.16 Å². The third-order valence-electron chi connectivity index (χ3n) is 3.19. The molecule has 0 saturated heterocycles. The van der Waals surface area contributed by atoms with Crippen LogP contribution in [0.5, 0.6) is 5.75 Å². The Balaban J connectivity index is 1.77. The standard InChI is InChI=1S/C16H18N6O2/c1-3-23-12-6-4-11(5-7-12)20-15-14(17)16(19-9-18-15)21-13-8-10(2)24-22-13/h4-9H,3,17H2,1-2H3,(H2,18,19,20,21,22). The zero-order valence-corrected chi connectivity index (χ0v) is 13.4. The van der Waals surface area contributed by atoms with Crippen LogP contribution in [0.4, 0.5) is 28.8 Å². The maximum atomic E-state index is 6.13. The average molecular weight is 326 g/mol. The van der Waals surface area contributed by atoms with Crippen molar-refractivity contribution in [3.8, 4) is 5.75 Å². The van der Waals surface area contributed by atoms with E-state index in [0.717, 1.165) is 11.4 Å². The lowest BCUT2D eigenvalue weighted by molar-refractivity contribution is 0.340. The van der Waals surface area contributed by atoms with Crippen LogP contribution in [0.15, 0.2) is 41.2 Å². The van der Waals surface area contributed by atoms with Crippen molar-refractivity contribution < 1.29 is 9.26 Å². The maximum absolute atomic E-state index is 6.13. The van der Waals surface area contributed by atoms with Crippen molar-refractivity contribution in [2.75, 3.05) is 23.0 Å². The van der Waals surface area contributed by atoms with Gasteiger partial charge in [-0.15, -0.1) is 0 Å². The molecule has 3 rings (SSSR count). The van der Waals surface area contributed by atoms with Crippen LogP contribution in [0, 0.1) is 6.92 Å². The molecular formula is C16H18N6O2. The van der Waals surface area contributed by atoms with Crippen molar-refractivity contribution in [1.29, 1.82) is 0 Å². The summed E-state index contributed by atoms with van der Waals surface area (Å²) in [5.74, 6) is 2.98. The van der Waals surface area contributed by atoms with Gasteiger partial charge >= 0.3 is 0 Å². The number of rotatable bonds is 6. The molecule has 1 aromatic carbocycles. The molecule has 2 heterocycles. The van der Waals surface area contributed by atoms with Gasteiger partial charge < -0.3 is 25.6 Å². The number of hydrogen-bond donors (Lipinski definition) is 3. The molecule has 124 valence electrons. The van der Waals surface area contributed by atoms with E-state index in [9.17, 15) is 0 Å². The Morgan fingerprint density at radius 1 is 1.12 bits per heavy atom. The Morgan fingerprint density at radius 3 is 2.46 bits per heavy atom. The maximum Gasteiger partial charge on any atom is 0.175 e. The number of ether oxygens (including phenoxy) is 1. The van der Waals surface area contributed by atoms with Crippen LogP contribution in [-0.4, -0.2) is 21.7 Å². The van der Waals surface area contributed by atoms with Crippen molar-refractivity contribution in [2.45, 2.75) is 13.8 Å². The Bertz CT molecular complexity index is 816. The first kappa shape index (κ1) is 15.6. The number of hydrogen-bond acceptors (Lipinski definition) is 8. The smallest absolute Gasteiger partial charge is 0.175 e. The third kappa shape index (κ3) is 3.54. The summed E-state index contributed by atoms with van der Waals surface area (Å²) in [4.78, 5) is 8.31. The summed E-state index contributed by atoms with van der Waals surface area (Å²) in [5.41, 5.74) is 7.35. The van der Waals surface area contributed by atoms with Crippen LogP contribution < -0.4 is 21.1 Å². The molecular weight excluding hydrogens is 308 g/mol. The molecule has 0 saturated carbocycles. The molecule has 4 N–H and O–H groups in total. The van der Waals surface area contributed by atoms with E-state index in [2.05, 4.69) is 25.8 Å². The third-order valence-corrected chi connectivity index (χ3v) is 3.19. The number of aryl methyl sites for hydroxylation is 1. The van der Waals surface area contributed by atoms with E-state index in [1.54, 1.807) is 13.0 Å². The molecule has 0 unspecified atom stereocenters. The van der Waals surface area contributed by atoms with Gasteiger partial charge in [0.05, 0.1) is 6.61 Å². The van der Waals surface area contributed by atoms with Crippen LogP contribution in [0.25, 0.3) is 0 Å². The number of nitrogens with two attached hydrogens (primary N) is 1. The van der Waals surface area contributed by atoms with E-state index in [-0.39, 0.29) is 0 Å². The van der Waals surface area contributed by atoms with Gasteiger partial charge in [0.25, 0.3) is 0 Å². The molecule has 0 radical (unpaired) electrons. The van der Waals surface area contributed by atoms with Gasteiger partial charge in [-0.3, -0.25) is 0 Å². The molecule has 0 aliphatic heterocycles. The molecule has 0 atom stereocenters. The number of aromatic nitrogens is 3. The van der Waals surface area contributed by atoms with Crippen LogP contribution in [0.3, 0.4) is 0 Å². The number of anilines is 5. The Kier molecular flexibility index (Phi) is 4.46. The second kappa shape index (κ2) is 6.86. The van der Waals surface area contributed by atoms with E-state index in [4.69, 9.17) is 15.0 Å². The molecule has 2 aromatic heterocycles. The minimum atomic E-state index is 0.382. The van der Waals surface area contributed by atoms with E-state index >= 15 is 0 Å². The summed E-state index contributed by atoms with van der Waals surface area (Å²) in [6, 6.07) is 9.28. The minimum absolute atomic E-state index is 0.382. The highest BCUT2D eigenvalue weighted by Gasteiger charge is 2.10. The summed E-state index contributed by atoms with van der Waals surface area (Å²) in [6.45, 7) is 4.38. The van der Waals surface area contributed by atoms with Gasteiger partial charge in [-0.05, 0) is 38.1 Å². The van der Waals surface area contributed by atoms with Crippen molar-refractivity contribution in [1.82, 2.24) is 15.1 Å². The van der Waals surface area contributed by atoms with Crippen molar-refractivity contribution in [2.24, 2.45) is 0 Å². The Morgan fingerprint density at radius 2 is 1.83 bits per heavy atom. The lowest BCUT2D eigenvalue weighted by atomic mass is 10.3. The molecule has 3 aromatic rings. The van der Waals surface area contributed by atoms with Gasteiger partial charge in [0, 0.05) is 11.8 Å². The van der Waals surface area contributed by atoms with Gasteiger partial charge in [0.15, 0.2) is 17.5 Å². The van der Waals surface area contributed by atoms with Gasteiger partial charge in [0.1, 0.15) is 23.5 Å². The Labute approximate surface area is 139 Å². The van der Waals surface area contributed by atoms with Crippen LogP contribution in [0.2, 0.25) is 0 Å². The molecule has 0 fully saturated rings. The molecule has 0 aliphatic rings. The monoisotopic (exact) mass is 326 g/mol. The Hall–Kier alpha value is -3.29. The number of nitrogens with one attached hydrogen (secondary N) is 2. The molecule has 0 amide bonds. The lowest BCUT2D eigenvalue weighted by Crippen LogP contribution is -2.05. The van der Waals surface area contributed by atoms with Gasteiger partial charge in [0.2, 0.25) is 0 Å². The van der Waals surface area contributed by atoms with Crippen molar-refractivity contribution in [3.63, 3.8) is 0 Å². The predicted molar refractivity (Wildman–Crippen MR) is 91.9 cm³/mol.